The molecule has 2 amide bonds. The number of hydrogen-bond acceptors (Lipinski definition) is 4. The molecule has 4 N–H and O–H groups in total. The number of anilines is 2. The quantitative estimate of drug-likeness (QED) is 0.429. The Hall–Kier alpha value is -3.15. The van der Waals surface area contributed by atoms with E-state index in [1.807, 2.05) is 19.1 Å². The highest BCUT2D eigenvalue weighted by molar-refractivity contribution is 6.01. The Bertz CT molecular complexity index is 782. The second-order valence-electron chi connectivity index (χ2n) is 5.64. The number of nitrogen functional groups attached to an aromatic ring is 1. The van der Waals surface area contributed by atoms with Gasteiger partial charge < -0.3 is 11.1 Å². The van der Waals surface area contributed by atoms with Crippen LogP contribution in [0.3, 0.4) is 0 Å². The highest BCUT2D eigenvalue weighted by Gasteiger charge is 2.06. The highest BCUT2D eigenvalue weighted by atomic mass is 16.2. The minimum atomic E-state index is -0.324. The molecule has 0 unspecified atom stereocenters. The fraction of sp³-hybridized carbons (Fsp3) is 0.211. The molecule has 0 aliphatic rings. The molecule has 2 aromatic carbocycles. The van der Waals surface area contributed by atoms with Crippen LogP contribution in [0, 0.1) is 0 Å². The zero-order valence-corrected chi connectivity index (χ0v) is 14.4. The lowest BCUT2D eigenvalue weighted by molar-refractivity contribution is -0.116. The smallest absolute Gasteiger partial charge is 0.271 e. The fourth-order valence-electron chi connectivity index (χ4n) is 2.18. The number of hydrogen-bond donors (Lipinski definition) is 3. The molecule has 0 spiro atoms. The molecule has 0 fully saturated rings. The molecule has 130 valence electrons. The summed E-state index contributed by atoms with van der Waals surface area (Å²) in [6.07, 6.45) is 1.26. The predicted molar refractivity (Wildman–Crippen MR) is 101 cm³/mol. The number of hydrazone groups is 1. The molecule has 0 saturated heterocycles. The van der Waals surface area contributed by atoms with Crippen molar-refractivity contribution in [2.45, 2.75) is 26.7 Å². The van der Waals surface area contributed by atoms with E-state index in [4.69, 9.17) is 5.73 Å². The lowest BCUT2D eigenvalue weighted by Gasteiger charge is -2.06. The number of nitrogens with two attached hydrogens (primary N) is 1. The molecule has 0 aliphatic heterocycles. The normalized spacial score (nSPS) is 11.0. The minimum Gasteiger partial charge on any atom is -0.399 e. The van der Waals surface area contributed by atoms with Crippen LogP contribution in [0.4, 0.5) is 11.4 Å². The summed E-state index contributed by atoms with van der Waals surface area (Å²) in [4.78, 5) is 23.7. The van der Waals surface area contributed by atoms with Gasteiger partial charge in [0.25, 0.3) is 5.91 Å². The van der Waals surface area contributed by atoms with Crippen LogP contribution >= 0.6 is 0 Å². The van der Waals surface area contributed by atoms with Crippen molar-refractivity contribution < 1.29 is 9.59 Å². The molecular formula is C19H22N4O2. The zero-order valence-electron chi connectivity index (χ0n) is 14.4. The number of benzene rings is 2. The number of nitrogens with one attached hydrogen (secondary N) is 2. The van der Waals surface area contributed by atoms with Gasteiger partial charge in [0.15, 0.2) is 0 Å². The van der Waals surface area contributed by atoms with Gasteiger partial charge in [0.1, 0.15) is 0 Å². The summed E-state index contributed by atoms with van der Waals surface area (Å²) in [5, 5.41) is 6.87. The highest BCUT2D eigenvalue weighted by Crippen LogP contribution is 2.11. The molecule has 0 atom stereocenters. The molecule has 0 bridgehead atoms. The van der Waals surface area contributed by atoms with Crippen molar-refractivity contribution in [3.05, 3.63) is 59.7 Å². The summed E-state index contributed by atoms with van der Waals surface area (Å²) >= 11 is 0. The SMILES string of the molecule is CCCC(=O)Nc1ccc(C(=O)N/N=C(/C)c2cccc(N)c2)cc1. The molecule has 2 rings (SSSR count). The van der Waals surface area contributed by atoms with Gasteiger partial charge in [-0.25, -0.2) is 5.43 Å². The first-order valence-corrected chi connectivity index (χ1v) is 8.10. The standard InChI is InChI=1S/C19H22N4O2/c1-3-5-18(24)21-17-10-8-14(9-11-17)19(25)23-22-13(2)15-6-4-7-16(20)12-15/h4,6-12H,3,5,20H2,1-2H3,(H,21,24)(H,23,25)/b22-13-. The van der Waals surface area contributed by atoms with E-state index >= 15 is 0 Å². The van der Waals surface area contributed by atoms with Crippen molar-refractivity contribution in [3.8, 4) is 0 Å². The first kappa shape index (κ1) is 18.2. The van der Waals surface area contributed by atoms with Crippen LogP contribution in [0.25, 0.3) is 0 Å². The van der Waals surface area contributed by atoms with Crippen molar-refractivity contribution >= 4 is 28.9 Å². The topological polar surface area (TPSA) is 96.6 Å². The Morgan fingerprint density at radius 1 is 1.08 bits per heavy atom. The van der Waals surface area contributed by atoms with E-state index < -0.39 is 0 Å². The third kappa shape index (κ3) is 5.46. The van der Waals surface area contributed by atoms with Crippen LogP contribution < -0.4 is 16.5 Å². The molecule has 0 aromatic heterocycles. The Morgan fingerprint density at radius 2 is 1.80 bits per heavy atom. The van der Waals surface area contributed by atoms with E-state index in [-0.39, 0.29) is 11.8 Å². The average molecular weight is 338 g/mol. The lowest BCUT2D eigenvalue weighted by Crippen LogP contribution is -2.19. The molecule has 6 heteroatoms. The molecule has 0 saturated carbocycles. The average Bonchev–Trinajstić information content (AvgIpc) is 2.60. The lowest BCUT2D eigenvalue weighted by atomic mass is 10.1. The summed E-state index contributed by atoms with van der Waals surface area (Å²) in [5.74, 6) is -0.364. The first-order valence-electron chi connectivity index (χ1n) is 8.10. The molecule has 0 heterocycles. The third-order valence-electron chi connectivity index (χ3n) is 3.54. The van der Waals surface area contributed by atoms with Crippen LogP contribution in [0.2, 0.25) is 0 Å². The summed E-state index contributed by atoms with van der Waals surface area (Å²) in [7, 11) is 0. The summed E-state index contributed by atoms with van der Waals surface area (Å²) in [6.45, 7) is 3.74. The largest absolute Gasteiger partial charge is 0.399 e. The molecule has 0 radical (unpaired) electrons. The van der Waals surface area contributed by atoms with Gasteiger partial charge in [0.05, 0.1) is 5.71 Å². The number of nitrogens with zero attached hydrogens (tertiary/aromatic N) is 1. The summed E-state index contributed by atoms with van der Waals surface area (Å²) < 4.78 is 0. The van der Waals surface area contributed by atoms with Gasteiger partial charge in [-0.15, -0.1) is 0 Å². The number of carbonyl (C=O) groups is 2. The van der Waals surface area contributed by atoms with Crippen molar-refractivity contribution in [1.82, 2.24) is 5.43 Å². The van der Waals surface area contributed by atoms with Gasteiger partial charge in [-0.1, -0.05) is 19.1 Å². The Labute approximate surface area is 147 Å². The molecule has 2 aromatic rings. The number of carbonyl (C=O) groups excluding carboxylic acids is 2. The van der Waals surface area contributed by atoms with E-state index in [2.05, 4.69) is 15.8 Å². The first-order chi connectivity index (χ1) is 12.0. The maximum atomic E-state index is 12.2. The van der Waals surface area contributed by atoms with Crippen LogP contribution in [-0.2, 0) is 4.79 Å². The Morgan fingerprint density at radius 3 is 2.44 bits per heavy atom. The van der Waals surface area contributed by atoms with Crippen LogP contribution in [-0.4, -0.2) is 17.5 Å². The predicted octanol–water partition coefficient (Wildman–Crippen LogP) is 3.16. The fourth-order valence-corrected chi connectivity index (χ4v) is 2.18. The van der Waals surface area contributed by atoms with Crippen molar-refractivity contribution in [3.63, 3.8) is 0 Å². The van der Waals surface area contributed by atoms with E-state index in [0.717, 1.165) is 12.0 Å². The van der Waals surface area contributed by atoms with Gasteiger partial charge >= 0.3 is 0 Å². The summed E-state index contributed by atoms with van der Waals surface area (Å²) in [5.41, 5.74) is 11.5. The van der Waals surface area contributed by atoms with E-state index in [1.165, 1.54) is 0 Å². The van der Waals surface area contributed by atoms with Crippen molar-refractivity contribution in [2.75, 3.05) is 11.1 Å². The van der Waals surface area contributed by atoms with E-state index in [9.17, 15) is 9.59 Å². The van der Waals surface area contributed by atoms with Gasteiger partial charge in [-0.3, -0.25) is 9.59 Å². The maximum Gasteiger partial charge on any atom is 0.271 e. The van der Waals surface area contributed by atoms with Gasteiger partial charge in [0.2, 0.25) is 5.91 Å². The number of rotatable bonds is 6. The second kappa shape index (κ2) is 8.63. The summed E-state index contributed by atoms with van der Waals surface area (Å²) in [6, 6.07) is 13.9. The third-order valence-corrected chi connectivity index (χ3v) is 3.54. The van der Waals surface area contributed by atoms with E-state index in [0.29, 0.717) is 29.1 Å². The molecule has 6 nitrogen and oxygen atoms in total. The van der Waals surface area contributed by atoms with Crippen molar-refractivity contribution in [2.24, 2.45) is 5.10 Å². The van der Waals surface area contributed by atoms with Gasteiger partial charge in [0, 0.05) is 23.4 Å². The number of amides is 2. The monoisotopic (exact) mass is 338 g/mol. The Kier molecular flexibility index (Phi) is 6.28. The van der Waals surface area contributed by atoms with Gasteiger partial charge in [-0.05, 0) is 55.3 Å². The maximum absolute atomic E-state index is 12.2. The van der Waals surface area contributed by atoms with Crippen LogP contribution in [0.15, 0.2) is 53.6 Å². The second-order valence-corrected chi connectivity index (χ2v) is 5.64. The van der Waals surface area contributed by atoms with Gasteiger partial charge in [-0.2, -0.15) is 5.10 Å². The van der Waals surface area contributed by atoms with Crippen molar-refractivity contribution in [1.29, 1.82) is 0 Å². The Balaban J connectivity index is 1.98. The molecular weight excluding hydrogens is 316 g/mol. The zero-order chi connectivity index (χ0) is 18.2. The molecule has 0 aliphatic carbocycles. The minimum absolute atomic E-state index is 0.0398. The van der Waals surface area contributed by atoms with E-state index in [1.54, 1.807) is 43.3 Å². The molecule has 25 heavy (non-hydrogen) atoms. The van der Waals surface area contributed by atoms with Crippen LogP contribution in [0.5, 0.6) is 0 Å². The van der Waals surface area contributed by atoms with Crippen LogP contribution in [0.1, 0.15) is 42.6 Å².